The number of hydrogen-bond acceptors (Lipinski definition) is 23. The molecule has 0 aliphatic carbocycles. The van der Waals surface area contributed by atoms with Gasteiger partial charge in [0.05, 0.1) is 144 Å². The number of fused-ring (bicyclic) bond motifs is 16. The average Bonchev–Trinajstić information content (AvgIpc) is 1.61. The maximum Gasteiger partial charge on any atom is 1.00 e. The number of hydrogen-bond donors (Lipinski definition) is 1. The summed E-state index contributed by atoms with van der Waals surface area (Å²) in [6.07, 6.45) is 11.7. The van der Waals surface area contributed by atoms with Gasteiger partial charge in [0, 0.05) is 98.2 Å². The molecule has 8 aromatic carbocycles. The second-order valence-corrected chi connectivity index (χ2v) is 29.9. The van der Waals surface area contributed by atoms with Crippen molar-refractivity contribution in [1.82, 2.24) is 0 Å². The molecule has 16 rings (SSSR count). The van der Waals surface area contributed by atoms with Crippen molar-refractivity contribution in [1.29, 1.82) is 0 Å². The van der Waals surface area contributed by atoms with Gasteiger partial charge in [0.15, 0.2) is 46.0 Å². The third-order valence-corrected chi connectivity index (χ3v) is 22.5. The number of aromatic hydroxyl groups is 1. The van der Waals surface area contributed by atoms with Crippen LogP contribution in [0.25, 0.3) is 0 Å². The largest absolute Gasteiger partial charge is 1.00 e. The number of rotatable bonds is 25. The summed E-state index contributed by atoms with van der Waals surface area (Å²) in [4.78, 5) is 136. The summed E-state index contributed by atoms with van der Waals surface area (Å²) in [6, 6.07) is 43.9. The molecule has 0 saturated carbocycles. The number of esters is 2. The number of phenolic OH excluding ortho intramolecular Hbond substituents is 1. The number of carbonyl (C=O) groups excluding carboxylic acids is 9. The van der Waals surface area contributed by atoms with Crippen LogP contribution in [0.3, 0.4) is 0 Å². The molecular weight excluding hydrogens is 1720 g/mol. The zero-order chi connectivity index (χ0) is 84.0. The summed E-state index contributed by atoms with van der Waals surface area (Å²) in [6.45, 7) is 1.71. The number of phenols is 1. The van der Waals surface area contributed by atoms with Crippen molar-refractivity contribution in [3.8, 4) is 46.0 Å². The predicted molar refractivity (Wildman–Crippen MR) is 451 cm³/mol. The minimum Gasteiger partial charge on any atom is -1.00 e. The molecule has 8 aromatic rings. The van der Waals surface area contributed by atoms with E-state index in [-0.39, 0.29) is 226 Å². The van der Waals surface area contributed by atoms with Gasteiger partial charge < -0.3 is 78.9 Å². The zero-order valence-electron chi connectivity index (χ0n) is 69.6. The van der Waals surface area contributed by atoms with Crippen molar-refractivity contribution in [2.75, 3.05) is 109 Å². The first-order valence-corrected chi connectivity index (χ1v) is 40.6. The van der Waals surface area contributed by atoms with Gasteiger partial charge in [0.1, 0.15) is 0 Å². The molecule has 29 nitrogen and oxygen atoms in total. The Morgan fingerprint density at radius 3 is 1.16 bits per heavy atom. The van der Waals surface area contributed by atoms with E-state index in [4.69, 9.17) is 52.9 Å². The van der Waals surface area contributed by atoms with Crippen LogP contribution in [-0.2, 0) is 64.0 Å². The van der Waals surface area contributed by atoms with Crippen LogP contribution in [0.2, 0.25) is 0 Å². The zero-order valence-corrected chi connectivity index (χ0v) is 77.0. The monoisotopic (exact) mass is 1810 g/mol. The minimum atomic E-state index is -0.484. The van der Waals surface area contributed by atoms with E-state index in [1.807, 2.05) is 114 Å². The fourth-order valence-electron chi connectivity index (χ4n) is 16.0. The summed E-state index contributed by atoms with van der Waals surface area (Å²) in [5.41, 5.74) is 11.4. The van der Waals surface area contributed by atoms with Crippen molar-refractivity contribution in [2.24, 2.45) is 9.98 Å². The number of nitrogens with zero attached hydrogens (tertiary/aromatic N) is 8. The number of carbonyl (C=O) groups is 9. The normalized spacial score (nSPS) is 16.5. The minimum absolute atomic E-state index is 0. The summed E-state index contributed by atoms with van der Waals surface area (Å²) >= 11 is 2.39. The van der Waals surface area contributed by atoms with Gasteiger partial charge in [0.2, 0.25) is 11.8 Å². The first-order valence-electron chi connectivity index (χ1n) is 39.1. The third-order valence-electron chi connectivity index (χ3n) is 21.8. The number of amides is 6. The van der Waals surface area contributed by atoms with Gasteiger partial charge in [-0.25, -0.2) is 0 Å². The Kier molecular flexibility index (Phi) is 33.0. The van der Waals surface area contributed by atoms with E-state index < -0.39 is 11.9 Å². The molecule has 4 atom stereocenters. The molecule has 121 heavy (non-hydrogen) atoms. The Morgan fingerprint density at radius 1 is 0.438 bits per heavy atom. The SMILES string of the molecule is COC(=O)CCC(=O)N1C[C@@H]2Cc3ccccc3N2C(=O)c2cc(OC)c(O)cc21.COC(=O)CCC(=O)N1C[C@@H]2Cc3ccccc3N2C(=O)c2cc(OC)c(OCCCCCOc3cc4c(cc3OC)C(=O)N3c5ccccc5C[C@H]3C=N4)cc21.COc1cc2c(cc1OCCCCCI)N=C[C@@H]1Cc3ccccc3N1C2=O.O=CO[O-].[H-].[K+].[K+]. The number of alkyl halides is 1. The molecule has 0 radical (unpaired) electrons. The number of aliphatic imine (C=N–C) groups is 2. The number of anilines is 6. The quantitative estimate of drug-likeness (QED) is 0.00960. The van der Waals surface area contributed by atoms with Gasteiger partial charge >= 0.3 is 115 Å². The molecule has 0 bridgehead atoms. The molecule has 0 fully saturated rings. The molecule has 8 aliphatic rings. The molecular formula is C89H91IK2N8O21. The van der Waals surface area contributed by atoms with Gasteiger partial charge in [-0.05, 0) is 127 Å². The average molecular weight is 1810 g/mol. The Balaban J connectivity index is 0.000000202. The summed E-state index contributed by atoms with van der Waals surface area (Å²) in [5.74, 6) is 0.700. The van der Waals surface area contributed by atoms with Crippen molar-refractivity contribution in [3.63, 3.8) is 0 Å². The fraction of sp³-hybridized carbons (Fsp3) is 0.337. The van der Waals surface area contributed by atoms with Gasteiger partial charge in [-0.1, -0.05) is 95.4 Å². The maximum atomic E-state index is 14.2. The van der Waals surface area contributed by atoms with Crippen LogP contribution in [0.4, 0.5) is 45.5 Å². The van der Waals surface area contributed by atoms with Crippen molar-refractivity contribution < 1.29 is 205 Å². The van der Waals surface area contributed by atoms with Crippen LogP contribution in [0.1, 0.15) is 129 Å². The van der Waals surface area contributed by atoms with Gasteiger partial charge in [-0.3, -0.25) is 62.9 Å². The van der Waals surface area contributed by atoms with Crippen LogP contribution < -0.4 is 171 Å². The third kappa shape index (κ3) is 20.5. The van der Waals surface area contributed by atoms with E-state index in [0.717, 1.165) is 76.0 Å². The molecule has 8 heterocycles. The van der Waals surface area contributed by atoms with Crippen LogP contribution in [0, 0.1) is 0 Å². The number of ether oxygens (including phenoxy) is 9. The van der Waals surface area contributed by atoms with Gasteiger partial charge in [-0.2, -0.15) is 0 Å². The number of benzene rings is 8. The first-order chi connectivity index (χ1) is 57.9. The number of methoxy groups -OCH3 is 6. The number of unbranched alkanes of at least 4 members (excludes halogenated alkanes) is 4. The molecule has 0 saturated heterocycles. The Hall–Kier alpha value is -9.31. The first kappa shape index (κ1) is 92.4. The van der Waals surface area contributed by atoms with E-state index in [1.54, 1.807) is 64.2 Å². The molecule has 6 amide bonds. The van der Waals surface area contributed by atoms with E-state index in [1.165, 1.54) is 57.5 Å². The van der Waals surface area contributed by atoms with Crippen LogP contribution in [0.15, 0.2) is 156 Å². The second-order valence-electron chi connectivity index (χ2n) is 28.8. The molecule has 622 valence electrons. The Labute approximate surface area is 800 Å². The second kappa shape index (κ2) is 43.1. The van der Waals surface area contributed by atoms with Crippen LogP contribution >= 0.6 is 22.6 Å². The molecule has 0 spiro atoms. The van der Waals surface area contributed by atoms with E-state index in [2.05, 4.69) is 43.3 Å². The van der Waals surface area contributed by atoms with Gasteiger partial charge in [-0.15, -0.1) is 0 Å². The Bertz CT molecular complexity index is 5270. The number of halogens is 1. The van der Waals surface area contributed by atoms with E-state index in [9.17, 15) is 43.5 Å². The van der Waals surface area contributed by atoms with Gasteiger partial charge in [0.25, 0.3) is 30.1 Å². The topological polar surface area (TPSA) is 333 Å². The summed E-state index contributed by atoms with van der Waals surface area (Å²) in [7, 11) is 8.62. The summed E-state index contributed by atoms with van der Waals surface area (Å²) in [5, 5.41) is 18.7. The molecule has 0 aromatic heterocycles. The predicted octanol–water partition coefficient (Wildman–Crippen LogP) is 6.28. The standard InChI is InChI=1S/C44H44N4O9.C22H23IN2O3.C22H22N2O6.CH2O3.2K.H/c1-53-37-21-31-33(45-25-29-19-27-11-5-7-13-34(27)47(29)43(31)51)23-39(37)56-17-9-4-10-18-57-40-24-36-32(22-38(40)54-2)44(52)48-30(20-28-12-6-8-14-35(28)48)26-46(36)41(49)15-16-42(50)55-3;1-27-20-12-17-18(13-21(20)28-10-6-2-5-9-23)24-14-16-11-15-7-3-4-8-19(15)25(16)22(17)26;1-29-19-10-15-17(11-18(19)25)23(20(26)7-8-21(27)30-2)12-14-9-13-5-3-4-6-16(13)24(14)22(15)28;2-1-4-3;;;/h5-8,11-14,21-25,29-30H,4,9-10,15-20,26H2,1-3H3;3-4,7-8,12-14,16H,2,5-6,9-11H2,1H3;3-6,10-11,14,25H,7-9,12H2,1-2H3;1,3H;;;/q;;;;2*+1;-1/p-1/t29-,30-;16-;14-;;;;/m000..../s1. The molecule has 0 unspecified atom stereocenters. The fourth-order valence-corrected chi connectivity index (χ4v) is 16.6. The van der Waals surface area contributed by atoms with Crippen molar-refractivity contribution in [2.45, 2.75) is 114 Å². The molecule has 8 aliphatic heterocycles. The van der Waals surface area contributed by atoms with Crippen LogP contribution in [0.5, 0.6) is 46.0 Å². The van der Waals surface area contributed by atoms with E-state index >= 15 is 0 Å². The molecule has 32 heteroatoms. The Morgan fingerprint density at radius 2 is 0.777 bits per heavy atom. The van der Waals surface area contributed by atoms with Crippen molar-refractivity contribution in [3.05, 3.63) is 190 Å². The maximum absolute atomic E-state index is 14.2. The van der Waals surface area contributed by atoms with Crippen molar-refractivity contribution >= 4 is 134 Å². The summed E-state index contributed by atoms with van der Waals surface area (Å²) < 4.78 is 50.9. The number of para-hydroxylation sites is 4. The van der Waals surface area contributed by atoms with Crippen LogP contribution in [-0.4, -0.2) is 176 Å². The van der Waals surface area contributed by atoms with E-state index in [0.29, 0.717) is 119 Å². The molecule has 1 N–H and O–H groups in total. The smallest absolute Gasteiger partial charge is 1.00 e.